The number of fused-ring (bicyclic) bond motifs is 1. The highest BCUT2D eigenvalue weighted by atomic mass is 16.3. The van der Waals surface area contributed by atoms with E-state index in [-0.39, 0.29) is 6.61 Å². The summed E-state index contributed by atoms with van der Waals surface area (Å²) in [5.41, 5.74) is 0.725. The van der Waals surface area contributed by atoms with Gasteiger partial charge in [0.2, 0.25) is 0 Å². The van der Waals surface area contributed by atoms with Crippen molar-refractivity contribution in [3.8, 4) is 0 Å². The zero-order valence-corrected chi connectivity index (χ0v) is 11.2. The Morgan fingerprint density at radius 2 is 2.00 bits per heavy atom. The standard InChI is InChI=1S/C15H26O2/c1-11(10-16)12-5-8-14(2)6-4-7-15(3,17)13(14)9-12/h12-13,16-17H,1,4-10H2,2-3H3/t12?,13?,14-,15-/m1/s1. The highest BCUT2D eigenvalue weighted by molar-refractivity contribution is 5.09. The molecular formula is C15H26O2. The number of aliphatic hydroxyl groups excluding tert-OH is 1. The van der Waals surface area contributed by atoms with Crippen molar-refractivity contribution in [2.24, 2.45) is 17.3 Å². The minimum absolute atomic E-state index is 0.0935. The van der Waals surface area contributed by atoms with Gasteiger partial charge in [0.25, 0.3) is 0 Å². The SMILES string of the molecule is C=C(CO)C1CC[C@@]2(C)CCC[C@@](C)(O)C2C1. The topological polar surface area (TPSA) is 40.5 Å². The number of hydrogen-bond acceptors (Lipinski definition) is 2. The van der Waals surface area contributed by atoms with E-state index >= 15 is 0 Å². The van der Waals surface area contributed by atoms with Gasteiger partial charge in [0.1, 0.15) is 0 Å². The van der Waals surface area contributed by atoms with Crippen molar-refractivity contribution in [2.75, 3.05) is 6.61 Å². The first-order valence-corrected chi connectivity index (χ1v) is 6.90. The lowest BCUT2D eigenvalue weighted by molar-refractivity contribution is -0.120. The molecule has 2 saturated carbocycles. The van der Waals surface area contributed by atoms with Crippen LogP contribution in [0.2, 0.25) is 0 Å². The Kier molecular flexibility index (Phi) is 3.39. The van der Waals surface area contributed by atoms with E-state index < -0.39 is 5.60 Å². The molecule has 0 spiro atoms. The Morgan fingerprint density at radius 1 is 1.29 bits per heavy atom. The van der Waals surface area contributed by atoms with Gasteiger partial charge in [-0.05, 0) is 61.9 Å². The average molecular weight is 238 g/mol. The molecule has 17 heavy (non-hydrogen) atoms. The molecule has 0 heterocycles. The van der Waals surface area contributed by atoms with Gasteiger partial charge in [-0.3, -0.25) is 0 Å². The first-order valence-electron chi connectivity index (χ1n) is 6.90. The summed E-state index contributed by atoms with van der Waals surface area (Å²) in [5, 5.41) is 19.8. The molecule has 2 heteroatoms. The van der Waals surface area contributed by atoms with E-state index in [1.807, 2.05) is 6.92 Å². The molecule has 0 aromatic carbocycles. The van der Waals surface area contributed by atoms with Crippen molar-refractivity contribution in [2.45, 2.75) is 58.0 Å². The zero-order chi connectivity index (χ0) is 12.7. The Balaban J connectivity index is 2.17. The summed E-state index contributed by atoms with van der Waals surface area (Å²) in [6.07, 6.45) is 6.60. The molecule has 98 valence electrons. The zero-order valence-electron chi connectivity index (χ0n) is 11.2. The van der Waals surface area contributed by atoms with Gasteiger partial charge in [-0.25, -0.2) is 0 Å². The van der Waals surface area contributed by atoms with Gasteiger partial charge in [-0.2, -0.15) is 0 Å². The minimum atomic E-state index is -0.526. The molecule has 0 aromatic rings. The monoisotopic (exact) mass is 238 g/mol. The molecule has 2 nitrogen and oxygen atoms in total. The summed E-state index contributed by atoms with van der Waals surface area (Å²) in [6.45, 7) is 8.40. The van der Waals surface area contributed by atoms with Crippen molar-refractivity contribution < 1.29 is 10.2 Å². The highest BCUT2D eigenvalue weighted by Crippen LogP contribution is 2.56. The molecule has 2 rings (SSSR count). The van der Waals surface area contributed by atoms with Crippen LogP contribution in [0.25, 0.3) is 0 Å². The Morgan fingerprint density at radius 3 is 2.65 bits per heavy atom. The molecule has 2 aliphatic carbocycles. The summed E-state index contributed by atoms with van der Waals surface area (Å²) < 4.78 is 0. The molecule has 0 amide bonds. The second-order valence-corrected chi connectivity index (χ2v) is 6.71. The van der Waals surface area contributed by atoms with E-state index in [9.17, 15) is 10.2 Å². The van der Waals surface area contributed by atoms with Crippen molar-refractivity contribution >= 4 is 0 Å². The molecule has 2 unspecified atom stereocenters. The third-order valence-electron chi connectivity index (χ3n) is 5.39. The molecule has 2 N–H and O–H groups in total. The van der Waals surface area contributed by atoms with Crippen LogP contribution in [0, 0.1) is 17.3 Å². The molecule has 0 saturated heterocycles. The first-order chi connectivity index (χ1) is 7.89. The normalized spacial score (nSPS) is 46.4. The summed E-state index contributed by atoms with van der Waals surface area (Å²) in [5.74, 6) is 0.772. The largest absolute Gasteiger partial charge is 0.392 e. The molecular weight excluding hydrogens is 212 g/mol. The van der Waals surface area contributed by atoms with Gasteiger partial charge in [-0.1, -0.05) is 19.9 Å². The number of rotatable bonds is 2. The summed E-state index contributed by atoms with van der Waals surface area (Å²) >= 11 is 0. The third-order valence-corrected chi connectivity index (χ3v) is 5.39. The Labute approximate surface area is 105 Å². The fourth-order valence-electron chi connectivity index (χ4n) is 4.19. The lowest BCUT2D eigenvalue weighted by Gasteiger charge is -2.54. The second-order valence-electron chi connectivity index (χ2n) is 6.71. The van der Waals surface area contributed by atoms with Gasteiger partial charge in [0.15, 0.2) is 0 Å². The van der Waals surface area contributed by atoms with Gasteiger partial charge in [0, 0.05) is 0 Å². The van der Waals surface area contributed by atoms with Crippen molar-refractivity contribution in [1.82, 2.24) is 0 Å². The molecule has 4 atom stereocenters. The first kappa shape index (κ1) is 13.1. The molecule has 0 aliphatic heterocycles. The molecule has 0 aromatic heterocycles. The van der Waals surface area contributed by atoms with E-state index in [4.69, 9.17) is 0 Å². The number of hydrogen-bond donors (Lipinski definition) is 2. The number of aliphatic hydroxyl groups is 2. The third kappa shape index (κ3) is 2.30. The van der Waals surface area contributed by atoms with E-state index in [2.05, 4.69) is 13.5 Å². The van der Waals surface area contributed by atoms with Crippen molar-refractivity contribution in [3.05, 3.63) is 12.2 Å². The van der Waals surface area contributed by atoms with Crippen LogP contribution >= 0.6 is 0 Å². The van der Waals surface area contributed by atoms with Crippen molar-refractivity contribution in [3.63, 3.8) is 0 Å². The Bertz CT molecular complexity index is 308. The van der Waals surface area contributed by atoms with E-state index in [0.29, 0.717) is 17.3 Å². The van der Waals surface area contributed by atoms with Crippen LogP contribution in [0.15, 0.2) is 12.2 Å². The maximum Gasteiger partial charge on any atom is 0.0653 e. The predicted octanol–water partition coefficient (Wildman–Crippen LogP) is 2.89. The van der Waals surface area contributed by atoms with Crippen LogP contribution in [0.5, 0.6) is 0 Å². The second kappa shape index (κ2) is 4.40. The lowest BCUT2D eigenvalue weighted by Crippen LogP contribution is -2.51. The average Bonchev–Trinajstić information content (AvgIpc) is 2.27. The molecule has 0 bridgehead atoms. The van der Waals surface area contributed by atoms with Gasteiger partial charge >= 0.3 is 0 Å². The van der Waals surface area contributed by atoms with Crippen LogP contribution in [-0.4, -0.2) is 22.4 Å². The minimum Gasteiger partial charge on any atom is -0.392 e. The molecule has 2 fully saturated rings. The highest BCUT2D eigenvalue weighted by Gasteiger charge is 2.50. The molecule has 2 aliphatic rings. The van der Waals surface area contributed by atoms with E-state index in [0.717, 1.165) is 37.7 Å². The Hall–Kier alpha value is -0.340. The fourth-order valence-corrected chi connectivity index (χ4v) is 4.19. The van der Waals surface area contributed by atoms with Gasteiger partial charge in [-0.15, -0.1) is 0 Å². The lowest BCUT2D eigenvalue weighted by atomic mass is 9.53. The summed E-state index contributed by atoms with van der Waals surface area (Å²) in [6, 6.07) is 0. The van der Waals surface area contributed by atoms with Crippen molar-refractivity contribution in [1.29, 1.82) is 0 Å². The van der Waals surface area contributed by atoms with Crippen LogP contribution in [0.4, 0.5) is 0 Å². The predicted molar refractivity (Wildman–Crippen MR) is 69.6 cm³/mol. The fraction of sp³-hybridized carbons (Fsp3) is 0.867. The summed E-state index contributed by atoms with van der Waals surface area (Å²) in [4.78, 5) is 0. The van der Waals surface area contributed by atoms with Gasteiger partial charge in [0.05, 0.1) is 12.2 Å². The van der Waals surface area contributed by atoms with Crippen LogP contribution in [0.1, 0.15) is 52.4 Å². The maximum atomic E-state index is 10.6. The van der Waals surface area contributed by atoms with E-state index in [1.165, 1.54) is 6.42 Å². The smallest absolute Gasteiger partial charge is 0.0653 e. The van der Waals surface area contributed by atoms with E-state index in [1.54, 1.807) is 0 Å². The van der Waals surface area contributed by atoms with Crippen LogP contribution in [-0.2, 0) is 0 Å². The van der Waals surface area contributed by atoms with Gasteiger partial charge < -0.3 is 10.2 Å². The maximum absolute atomic E-state index is 10.6. The van der Waals surface area contributed by atoms with Crippen LogP contribution in [0.3, 0.4) is 0 Å². The van der Waals surface area contributed by atoms with Crippen LogP contribution < -0.4 is 0 Å². The summed E-state index contributed by atoms with van der Waals surface area (Å²) in [7, 11) is 0. The quantitative estimate of drug-likeness (QED) is 0.726. The molecule has 0 radical (unpaired) electrons.